The van der Waals surface area contributed by atoms with Crippen molar-refractivity contribution in [2.75, 3.05) is 11.1 Å². The third kappa shape index (κ3) is 2.83. The van der Waals surface area contributed by atoms with Crippen molar-refractivity contribution in [2.24, 2.45) is 7.05 Å². The number of rotatable bonds is 2. The topological polar surface area (TPSA) is 72.9 Å². The van der Waals surface area contributed by atoms with Gasteiger partial charge in [0.1, 0.15) is 0 Å². The van der Waals surface area contributed by atoms with Crippen LogP contribution < -0.4 is 11.1 Å². The van der Waals surface area contributed by atoms with Gasteiger partial charge in [-0.25, -0.2) is 0 Å². The molecule has 0 aliphatic heterocycles. The molecule has 5 nitrogen and oxygen atoms in total. The van der Waals surface area contributed by atoms with Crippen molar-refractivity contribution in [2.45, 2.75) is 13.1 Å². The summed E-state index contributed by atoms with van der Waals surface area (Å²) in [5.41, 5.74) is 4.97. The van der Waals surface area contributed by atoms with Crippen LogP contribution in [0.4, 0.5) is 24.7 Å². The predicted molar refractivity (Wildman–Crippen MR) is 71.8 cm³/mol. The fraction of sp³-hybridized carbons (Fsp3) is 0.231. The van der Waals surface area contributed by atoms with Crippen LogP contribution in [0.2, 0.25) is 0 Å². The van der Waals surface area contributed by atoms with Crippen molar-refractivity contribution in [3.05, 3.63) is 41.1 Å². The van der Waals surface area contributed by atoms with Gasteiger partial charge < -0.3 is 11.1 Å². The van der Waals surface area contributed by atoms with Crippen molar-refractivity contribution in [1.82, 2.24) is 9.78 Å². The Morgan fingerprint density at radius 2 is 1.95 bits per heavy atom. The quantitative estimate of drug-likeness (QED) is 0.895. The number of nitrogen functional groups attached to an aromatic ring is 1. The molecule has 0 spiro atoms. The van der Waals surface area contributed by atoms with E-state index in [1.54, 1.807) is 6.92 Å². The minimum atomic E-state index is -4.61. The van der Waals surface area contributed by atoms with Crippen molar-refractivity contribution in [3.63, 3.8) is 0 Å². The Morgan fingerprint density at radius 1 is 1.33 bits per heavy atom. The summed E-state index contributed by atoms with van der Waals surface area (Å²) in [6.07, 6.45) is -4.61. The van der Waals surface area contributed by atoms with Crippen molar-refractivity contribution >= 4 is 17.4 Å². The second kappa shape index (κ2) is 5.12. The van der Waals surface area contributed by atoms with Crippen LogP contribution in [0.3, 0.4) is 0 Å². The largest absolute Gasteiger partial charge is 0.417 e. The summed E-state index contributed by atoms with van der Waals surface area (Å²) in [4.78, 5) is 12.1. The van der Waals surface area contributed by atoms with E-state index in [1.807, 2.05) is 0 Å². The Balaban J connectivity index is 2.38. The highest BCUT2D eigenvalue weighted by Gasteiger charge is 2.35. The van der Waals surface area contributed by atoms with Gasteiger partial charge in [0.05, 0.1) is 22.5 Å². The fourth-order valence-electron chi connectivity index (χ4n) is 1.93. The number of halogens is 3. The van der Waals surface area contributed by atoms with E-state index >= 15 is 0 Å². The number of benzene rings is 1. The number of hydrogen-bond donors (Lipinski definition) is 2. The van der Waals surface area contributed by atoms with E-state index < -0.39 is 23.2 Å². The van der Waals surface area contributed by atoms with Gasteiger partial charge in [-0.2, -0.15) is 18.3 Å². The standard InChI is InChI=1S/C13H13F3N4O/c1-7-10(17)11(20(2)19-7)18-12(21)8-5-3-4-6-9(8)13(14,15)16/h3-6H,17H2,1-2H3,(H,18,21). The molecule has 0 unspecified atom stereocenters. The second-order valence-electron chi connectivity index (χ2n) is 4.47. The van der Waals surface area contributed by atoms with E-state index in [9.17, 15) is 18.0 Å². The third-order valence-corrected chi connectivity index (χ3v) is 2.98. The zero-order chi connectivity index (χ0) is 15.8. The van der Waals surface area contributed by atoms with Gasteiger partial charge in [-0.3, -0.25) is 9.48 Å². The smallest absolute Gasteiger partial charge is 0.394 e. The number of aryl methyl sites for hydroxylation is 2. The molecule has 112 valence electrons. The number of nitrogens with one attached hydrogen (secondary N) is 1. The third-order valence-electron chi connectivity index (χ3n) is 2.98. The van der Waals surface area contributed by atoms with Gasteiger partial charge in [0.15, 0.2) is 5.82 Å². The zero-order valence-electron chi connectivity index (χ0n) is 11.3. The van der Waals surface area contributed by atoms with E-state index in [4.69, 9.17) is 5.73 Å². The van der Waals surface area contributed by atoms with Crippen LogP contribution in [0.5, 0.6) is 0 Å². The van der Waals surface area contributed by atoms with Crippen molar-refractivity contribution < 1.29 is 18.0 Å². The molecule has 0 aliphatic rings. The van der Waals surface area contributed by atoms with Crippen LogP contribution in [0.15, 0.2) is 24.3 Å². The molecule has 8 heteroatoms. The summed E-state index contributed by atoms with van der Waals surface area (Å²) in [6.45, 7) is 1.63. The number of alkyl halides is 3. The van der Waals surface area contributed by atoms with Gasteiger partial charge in [0.2, 0.25) is 0 Å². The summed E-state index contributed by atoms with van der Waals surface area (Å²) >= 11 is 0. The number of anilines is 2. The molecule has 1 heterocycles. The number of aromatic nitrogens is 2. The van der Waals surface area contributed by atoms with E-state index in [0.29, 0.717) is 5.69 Å². The minimum Gasteiger partial charge on any atom is -0.394 e. The Bertz CT molecular complexity index is 691. The van der Waals surface area contributed by atoms with Crippen molar-refractivity contribution in [1.29, 1.82) is 0 Å². The average Bonchev–Trinajstić information content (AvgIpc) is 2.64. The Labute approximate surface area is 118 Å². The average molecular weight is 298 g/mol. The van der Waals surface area contributed by atoms with Gasteiger partial charge in [0.25, 0.3) is 5.91 Å². The Kier molecular flexibility index (Phi) is 3.63. The van der Waals surface area contributed by atoms with Crippen LogP contribution in [0, 0.1) is 6.92 Å². The lowest BCUT2D eigenvalue weighted by molar-refractivity contribution is -0.137. The minimum absolute atomic E-state index is 0.162. The lowest BCUT2D eigenvalue weighted by Gasteiger charge is -2.13. The van der Waals surface area contributed by atoms with E-state index in [2.05, 4.69) is 10.4 Å². The molecule has 0 atom stereocenters. The summed E-state index contributed by atoms with van der Waals surface area (Å²) in [5.74, 6) is -0.730. The summed E-state index contributed by atoms with van der Waals surface area (Å²) in [7, 11) is 1.54. The molecule has 21 heavy (non-hydrogen) atoms. The number of carbonyl (C=O) groups excluding carboxylic acids is 1. The predicted octanol–water partition coefficient (Wildman–Crippen LogP) is 2.58. The molecule has 2 aromatic rings. The highest BCUT2D eigenvalue weighted by Crippen LogP contribution is 2.32. The molecular weight excluding hydrogens is 285 g/mol. The molecule has 0 saturated heterocycles. The van der Waals surface area contributed by atoms with Crippen LogP contribution in [0.25, 0.3) is 0 Å². The van der Waals surface area contributed by atoms with Gasteiger partial charge in [-0.05, 0) is 19.1 Å². The molecule has 0 saturated carbocycles. The molecule has 0 aliphatic carbocycles. The SMILES string of the molecule is Cc1nn(C)c(NC(=O)c2ccccc2C(F)(F)F)c1N. The second-order valence-corrected chi connectivity index (χ2v) is 4.47. The molecule has 1 amide bonds. The van der Waals surface area contributed by atoms with Gasteiger partial charge in [0, 0.05) is 7.05 Å². The van der Waals surface area contributed by atoms with Crippen LogP contribution in [0.1, 0.15) is 21.6 Å². The molecule has 1 aromatic carbocycles. The lowest BCUT2D eigenvalue weighted by atomic mass is 10.1. The maximum atomic E-state index is 12.9. The number of hydrogen-bond acceptors (Lipinski definition) is 3. The maximum absolute atomic E-state index is 12.9. The van der Waals surface area contributed by atoms with E-state index in [0.717, 1.165) is 12.1 Å². The lowest BCUT2D eigenvalue weighted by Crippen LogP contribution is -2.20. The summed E-state index contributed by atoms with van der Waals surface area (Å²) < 4.78 is 40.0. The molecule has 3 N–H and O–H groups in total. The highest BCUT2D eigenvalue weighted by molar-refractivity contribution is 6.06. The maximum Gasteiger partial charge on any atom is 0.417 e. The van der Waals surface area contributed by atoms with Crippen LogP contribution >= 0.6 is 0 Å². The van der Waals surface area contributed by atoms with Gasteiger partial charge >= 0.3 is 6.18 Å². The molecule has 0 bridgehead atoms. The molecule has 0 fully saturated rings. The number of amides is 1. The fourth-order valence-corrected chi connectivity index (χ4v) is 1.93. The Hall–Kier alpha value is -2.51. The zero-order valence-corrected chi connectivity index (χ0v) is 11.3. The van der Waals surface area contributed by atoms with Crippen LogP contribution in [-0.4, -0.2) is 15.7 Å². The van der Waals surface area contributed by atoms with Gasteiger partial charge in [-0.1, -0.05) is 12.1 Å². The van der Waals surface area contributed by atoms with Gasteiger partial charge in [-0.15, -0.1) is 0 Å². The normalized spacial score (nSPS) is 11.5. The summed E-state index contributed by atoms with van der Waals surface area (Å²) in [5, 5.41) is 6.35. The first-order chi connectivity index (χ1) is 9.71. The van der Waals surface area contributed by atoms with E-state index in [-0.39, 0.29) is 11.5 Å². The number of carbonyl (C=O) groups is 1. The first kappa shape index (κ1) is 14.9. The first-order valence-electron chi connectivity index (χ1n) is 5.98. The molecule has 2 rings (SSSR count). The monoisotopic (exact) mass is 298 g/mol. The van der Waals surface area contributed by atoms with E-state index in [1.165, 1.54) is 23.9 Å². The molecule has 0 radical (unpaired) electrons. The molecule has 1 aromatic heterocycles. The first-order valence-corrected chi connectivity index (χ1v) is 5.98. The van der Waals surface area contributed by atoms with Crippen LogP contribution in [-0.2, 0) is 13.2 Å². The Morgan fingerprint density at radius 3 is 2.48 bits per heavy atom. The number of nitrogens with two attached hydrogens (primary N) is 1. The number of nitrogens with zero attached hydrogens (tertiary/aromatic N) is 2. The summed E-state index contributed by atoms with van der Waals surface area (Å²) in [6, 6.07) is 4.55. The molecular formula is C13H13F3N4O. The van der Waals surface area contributed by atoms with Crippen molar-refractivity contribution in [3.8, 4) is 0 Å². The highest BCUT2D eigenvalue weighted by atomic mass is 19.4.